The molecule has 0 aliphatic carbocycles. The third-order valence-corrected chi connectivity index (χ3v) is 17.2. The number of aromatic amines is 1. The molecule has 0 aromatic carbocycles. The minimum atomic E-state index is -2.80. The Bertz CT molecular complexity index is 956. The van der Waals surface area contributed by atoms with Crippen LogP contribution in [0.5, 0.6) is 0 Å². The van der Waals surface area contributed by atoms with E-state index in [1.54, 1.807) is 0 Å². The highest BCUT2D eigenvalue weighted by molar-refractivity contribution is 6.83. The molecule has 33 heavy (non-hydrogen) atoms. The van der Waals surface area contributed by atoms with Gasteiger partial charge in [-0.3, -0.25) is 14.6 Å². The lowest BCUT2D eigenvalue weighted by Crippen LogP contribution is -2.65. The molecule has 9 nitrogen and oxygen atoms in total. The highest BCUT2D eigenvalue weighted by Gasteiger charge is 2.60. The van der Waals surface area contributed by atoms with Gasteiger partial charge in [0, 0.05) is 18.7 Å². The molecule has 0 radical (unpaired) electrons. The fraction of sp³-hybridized carbons (Fsp3) is 0.773. The van der Waals surface area contributed by atoms with Gasteiger partial charge in [-0.15, -0.1) is 0 Å². The van der Waals surface area contributed by atoms with Crippen LogP contribution < -0.4 is 11.2 Å². The standard InChI is InChI=1S/C22H38N2O7Si2/c1-13(2)32(14(3)4)28-12-19-17(30-33(31-32,15(5)6)16(7)8)11-18(29-19)21(26)24-10-9-20(25)23-22(24)27/h9-10,13-19H,11-12H2,1-8H3,(H,23,25,27)/t17-,18?,19+/m0/s1. The second kappa shape index (κ2) is 9.70. The number of hydrogen-bond donors (Lipinski definition) is 1. The maximum absolute atomic E-state index is 13.1. The van der Waals surface area contributed by atoms with E-state index in [9.17, 15) is 14.4 Å². The summed E-state index contributed by atoms with van der Waals surface area (Å²) >= 11 is 0. The first-order chi connectivity index (χ1) is 15.3. The third kappa shape index (κ3) is 4.76. The first-order valence-corrected chi connectivity index (χ1v) is 15.8. The number of fused-ring (bicyclic) bond motifs is 1. The Labute approximate surface area is 197 Å². The normalized spacial score (nSPS) is 27.1. The lowest BCUT2D eigenvalue weighted by molar-refractivity contribution is -0.0344. The van der Waals surface area contributed by atoms with Gasteiger partial charge in [-0.1, -0.05) is 55.4 Å². The highest BCUT2D eigenvalue weighted by atomic mass is 28.5. The smallest absolute Gasteiger partial charge is 0.335 e. The summed E-state index contributed by atoms with van der Waals surface area (Å²) in [5.41, 5.74) is -0.581. The molecule has 1 aromatic heterocycles. The molecule has 0 bridgehead atoms. The number of H-pyrrole nitrogens is 1. The summed E-state index contributed by atoms with van der Waals surface area (Å²) in [6.45, 7) is 17.4. The number of rotatable bonds is 5. The van der Waals surface area contributed by atoms with Crippen molar-refractivity contribution in [1.29, 1.82) is 0 Å². The molecule has 0 amide bonds. The quantitative estimate of drug-likeness (QED) is 0.621. The van der Waals surface area contributed by atoms with Gasteiger partial charge in [-0.25, -0.2) is 9.36 Å². The second-order valence-electron chi connectivity index (χ2n) is 10.3. The van der Waals surface area contributed by atoms with Crippen molar-refractivity contribution < 1.29 is 22.5 Å². The highest BCUT2D eigenvalue weighted by Crippen LogP contribution is 2.47. The molecule has 11 heteroatoms. The van der Waals surface area contributed by atoms with Gasteiger partial charge in [0.2, 0.25) is 0 Å². The Hall–Kier alpha value is -1.38. The van der Waals surface area contributed by atoms with Gasteiger partial charge in [0.15, 0.2) is 0 Å². The van der Waals surface area contributed by atoms with Gasteiger partial charge < -0.3 is 17.7 Å². The minimum absolute atomic E-state index is 0.167. The van der Waals surface area contributed by atoms with Gasteiger partial charge in [-0.2, -0.15) is 0 Å². The van der Waals surface area contributed by atoms with Gasteiger partial charge in [-0.05, 0) is 22.2 Å². The van der Waals surface area contributed by atoms with E-state index in [-0.39, 0.29) is 34.9 Å². The molecule has 2 aliphatic heterocycles. The Morgan fingerprint density at radius 2 is 1.55 bits per heavy atom. The van der Waals surface area contributed by atoms with Crippen molar-refractivity contribution in [3.05, 3.63) is 33.1 Å². The maximum atomic E-state index is 13.1. The molecular formula is C22H38N2O7Si2. The second-order valence-corrected chi connectivity index (χ2v) is 19.2. The van der Waals surface area contributed by atoms with Crippen molar-refractivity contribution in [2.24, 2.45) is 0 Å². The predicted molar refractivity (Wildman–Crippen MR) is 129 cm³/mol. The molecule has 1 aromatic rings. The van der Waals surface area contributed by atoms with Gasteiger partial charge in [0.05, 0.1) is 12.7 Å². The number of nitrogens with one attached hydrogen (secondary N) is 1. The molecular weight excluding hydrogens is 460 g/mol. The van der Waals surface area contributed by atoms with E-state index < -0.39 is 46.5 Å². The molecule has 3 heterocycles. The molecule has 2 fully saturated rings. The summed E-state index contributed by atoms with van der Waals surface area (Å²) in [4.78, 5) is 38.7. The SMILES string of the molecule is CC(C)[Si]1(C(C)C)OC[C@H]2OC(C(=O)n3ccc(=O)[nH]c3=O)C[C@@H]2O[Si](C(C)C)(C(C)C)O1. The van der Waals surface area contributed by atoms with Gasteiger partial charge in [0.25, 0.3) is 11.5 Å². The van der Waals surface area contributed by atoms with E-state index in [2.05, 4.69) is 60.4 Å². The van der Waals surface area contributed by atoms with Crippen molar-refractivity contribution in [3.8, 4) is 0 Å². The average Bonchev–Trinajstić information content (AvgIpc) is 3.08. The number of carbonyl (C=O) groups excluding carboxylic acids is 1. The van der Waals surface area contributed by atoms with E-state index >= 15 is 0 Å². The van der Waals surface area contributed by atoms with Crippen molar-refractivity contribution in [2.75, 3.05) is 6.61 Å². The van der Waals surface area contributed by atoms with Crippen LogP contribution in [-0.4, -0.2) is 57.5 Å². The maximum Gasteiger partial charge on any atom is 0.335 e. The zero-order valence-electron chi connectivity index (χ0n) is 20.9. The van der Waals surface area contributed by atoms with Crippen molar-refractivity contribution in [3.63, 3.8) is 0 Å². The van der Waals surface area contributed by atoms with E-state index in [4.69, 9.17) is 17.7 Å². The van der Waals surface area contributed by atoms with Crippen LogP contribution in [-0.2, 0) is 17.7 Å². The number of aromatic nitrogens is 2. The molecule has 3 rings (SSSR count). The summed E-state index contributed by atoms with van der Waals surface area (Å²) in [7, 11) is -5.49. The van der Waals surface area contributed by atoms with Crippen molar-refractivity contribution >= 4 is 23.0 Å². The molecule has 0 saturated carbocycles. The van der Waals surface area contributed by atoms with E-state index in [0.29, 0.717) is 6.42 Å². The van der Waals surface area contributed by atoms with Crippen LogP contribution in [0, 0.1) is 0 Å². The van der Waals surface area contributed by atoms with Crippen molar-refractivity contribution in [1.82, 2.24) is 9.55 Å². The van der Waals surface area contributed by atoms with E-state index in [1.807, 2.05) is 0 Å². The Balaban J connectivity index is 1.98. The summed E-state index contributed by atoms with van der Waals surface area (Å²) in [5, 5.41) is 0. The Kier molecular flexibility index (Phi) is 7.71. The zero-order chi connectivity index (χ0) is 24.7. The first kappa shape index (κ1) is 26.2. The van der Waals surface area contributed by atoms with Crippen LogP contribution in [0.4, 0.5) is 0 Å². The molecule has 186 valence electrons. The summed E-state index contributed by atoms with van der Waals surface area (Å²) in [6.07, 6.45) is -0.195. The monoisotopic (exact) mass is 498 g/mol. The van der Waals surface area contributed by atoms with Crippen LogP contribution in [0.25, 0.3) is 0 Å². The lowest BCUT2D eigenvalue weighted by Gasteiger charge is -2.51. The fourth-order valence-electron chi connectivity index (χ4n) is 5.05. The lowest BCUT2D eigenvalue weighted by atomic mass is 10.1. The molecule has 2 saturated heterocycles. The van der Waals surface area contributed by atoms with Gasteiger partial charge >= 0.3 is 22.8 Å². The van der Waals surface area contributed by atoms with Crippen LogP contribution in [0.15, 0.2) is 21.9 Å². The van der Waals surface area contributed by atoms with E-state index in [1.165, 1.54) is 6.20 Å². The van der Waals surface area contributed by atoms with Crippen molar-refractivity contribution in [2.45, 2.75) is 102 Å². The van der Waals surface area contributed by atoms with Crippen LogP contribution in [0.2, 0.25) is 22.2 Å². The van der Waals surface area contributed by atoms with Crippen LogP contribution >= 0.6 is 0 Å². The fourth-order valence-corrected chi connectivity index (χ4v) is 16.3. The summed E-state index contributed by atoms with van der Waals surface area (Å²) in [5.74, 6) is -0.523. The van der Waals surface area contributed by atoms with Crippen LogP contribution in [0.3, 0.4) is 0 Å². The molecule has 2 aliphatic rings. The third-order valence-electron chi connectivity index (χ3n) is 6.88. The molecule has 1 N–H and O–H groups in total. The molecule has 3 atom stereocenters. The van der Waals surface area contributed by atoms with Gasteiger partial charge in [0.1, 0.15) is 12.2 Å². The molecule has 1 unspecified atom stereocenters. The van der Waals surface area contributed by atoms with E-state index in [0.717, 1.165) is 10.6 Å². The Morgan fingerprint density at radius 1 is 0.970 bits per heavy atom. The topological polar surface area (TPSA) is 109 Å². The Morgan fingerprint density at radius 3 is 2.06 bits per heavy atom. The number of nitrogens with zero attached hydrogens (tertiary/aromatic N) is 1. The zero-order valence-corrected chi connectivity index (χ0v) is 22.9. The van der Waals surface area contributed by atoms with Crippen LogP contribution in [0.1, 0.15) is 66.6 Å². The summed E-state index contributed by atoms with van der Waals surface area (Å²) in [6, 6.07) is 1.14. The molecule has 0 spiro atoms. The minimum Gasteiger partial charge on any atom is -0.414 e. The number of hydrogen-bond acceptors (Lipinski definition) is 7. The first-order valence-electron chi connectivity index (χ1n) is 11.9. The predicted octanol–water partition coefficient (Wildman–Crippen LogP) is 3.29. The largest absolute Gasteiger partial charge is 0.414 e. The number of ether oxygens (including phenoxy) is 1. The summed E-state index contributed by atoms with van der Waals surface area (Å²) < 4.78 is 27.7. The number of carbonyl (C=O) groups is 1. The average molecular weight is 499 g/mol.